The second-order valence-corrected chi connectivity index (χ2v) is 4.93. The van der Waals surface area contributed by atoms with Crippen molar-refractivity contribution in [2.45, 2.75) is 33.6 Å². The summed E-state index contributed by atoms with van der Waals surface area (Å²) >= 11 is 0. The molecule has 100 valence electrons. The Morgan fingerprint density at radius 2 is 2.11 bits per heavy atom. The van der Waals surface area contributed by atoms with Crippen molar-refractivity contribution in [2.75, 3.05) is 6.54 Å². The van der Waals surface area contributed by atoms with Gasteiger partial charge in [0.25, 0.3) is 0 Å². The fourth-order valence-electron chi connectivity index (χ4n) is 1.74. The van der Waals surface area contributed by atoms with E-state index in [1.807, 2.05) is 25.1 Å². The minimum absolute atomic E-state index is 0. The molecule has 0 saturated carbocycles. The minimum Gasteiger partial charge on any atom is -0.353 e. The Morgan fingerprint density at radius 1 is 1.39 bits per heavy atom. The van der Waals surface area contributed by atoms with E-state index < -0.39 is 0 Å². The van der Waals surface area contributed by atoms with Gasteiger partial charge in [-0.15, -0.1) is 0 Å². The van der Waals surface area contributed by atoms with Crippen molar-refractivity contribution in [1.29, 1.82) is 0 Å². The molecule has 1 aromatic rings. The average molecular weight is 247 g/mol. The maximum atomic E-state index is 11.3. The SMILES string of the molecule is CCNC(=O)/C=C/c1cccc([C@H](C)C(C)C)c1.[HH]. The molecule has 0 spiro atoms. The first-order chi connectivity index (χ1) is 8.54. The first-order valence-electron chi connectivity index (χ1n) is 6.60. The Morgan fingerprint density at radius 3 is 2.72 bits per heavy atom. The zero-order valence-corrected chi connectivity index (χ0v) is 11.7. The lowest BCUT2D eigenvalue weighted by molar-refractivity contribution is -0.116. The molecule has 0 aliphatic heterocycles. The summed E-state index contributed by atoms with van der Waals surface area (Å²) in [5, 5.41) is 2.75. The molecule has 0 aliphatic carbocycles. The summed E-state index contributed by atoms with van der Waals surface area (Å²) in [6.07, 6.45) is 3.45. The molecule has 1 rings (SSSR count). The van der Waals surface area contributed by atoms with Crippen molar-refractivity contribution in [1.82, 2.24) is 5.32 Å². The van der Waals surface area contributed by atoms with E-state index in [0.29, 0.717) is 18.4 Å². The monoisotopic (exact) mass is 247 g/mol. The van der Waals surface area contributed by atoms with Gasteiger partial charge in [-0.1, -0.05) is 45.0 Å². The third-order valence-electron chi connectivity index (χ3n) is 3.21. The molecule has 1 aromatic carbocycles. The Hall–Kier alpha value is -1.57. The van der Waals surface area contributed by atoms with Gasteiger partial charge in [0.05, 0.1) is 0 Å². The van der Waals surface area contributed by atoms with E-state index in [1.165, 1.54) is 5.56 Å². The normalized spacial score (nSPS) is 12.9. The largest absolute Gasteiger partial charge is 0.353 e. The maximum Gasteiger partial charge on any atom is 0.243 e. The molecular formula is C16H25NO. The summed E-state index contributed by atoms with van der Waals surface area (Å²) in [7, 11) is 0. The van der Waals surface area contributed by atoms with Gasteiger partial charge in [-0.25, -0.2) is 0 Å². The summed E-state index contributed by atoms with van der Waals surface area (Å²) in [6, 6.07) is 8.37. The van der Waals surface area contributed by atoms with Gasteiger partial charge in [-0.05, 0) is 36.0 Å². The molecule has 1 atom stereocenters. The number of carbonyl (C=O) groups excluding carboxylic acids is 1. The van der Waals surface area contributed by atoms with Crippen molar-refractivity contribution in [2.24, 2.45) is 5.92 Å². The van der Waals surface area contributed by atoms with Crippen molar-refractivity contribution in [3.05, 3.63) is 41.5 Å². The quantitative estimate of drug-likeness (QED) is 0.787. The molecule has 0 unspecified atom stereocenters. The molecule has 2 heteroatoms. The van der Waals surface area contributed by atoms with Crippen molar-refractivity contribution < 1.29 is 6.22 Å². The lowest BCUT2D eigenvalue weighted by atomic mass is 9.89. The molecule has 1 amide bonds. The fraction of sp³-hybridized carbons (Fsp3) is 0.438. The van der Waals surface area contributed by atoms with Crippen LogP contribution in [-0.4, -0.2) is 12.5 Å². The number of hydrogen-bond acceptors (Lipinski definition) is 1. The van der Waals surface area contributed by atoms with Gasteiger partial charge in [0.2, 0.25) is 5.91 Å². The third kappa shape index (κ3) is 4.36. The number of benzene rings is 1. The predicted octanol–water partition coefficient (Wildman–Crippen LogP) is 3.84. The van der Waals surface area contributed by atoms with Gasteiger partial charge < -0.3 is 5.32 Å². The highest BCUT2D eigenvalue weighted by Gasteiger charge is 2.09. The van der Waals surface area contributed by atoms with E-state index in [2.05, 4.69) is 38.2 Å². The topological polar surface area (TPSA) is 29.1 Å². The van der Waals surface area contributed by atoms with E-state index in [1.54, 1.807) is 6.08 Å². The summed E-state index contributed by atoms with van der Waals surface area (Å²) in [5.41, 5.74) is 2.40. The van der Waals surface area contributed by atoms with Crippen LogP contribution in [0.1, 0.15) is 46.2 Å². The van der Waals surface area contributed by atoms with Crippen LogP contribution < -0.4 is 5.32 Å². The number of likely N-dealkylation sites (N-methyl/N-ethyl adjacent to an activating group) is 1. The highest BCUT2D eigenvalue weighted by atomic mass is 16.1. The zero-order chi connectivity index (χ0) is 13.5. The second kappa shape index (κ2) is 7.00. The zero-order valence-electron chi connectivity index (χ0n) is 11.7. The van der Waals surface area contributed by atoms with E-state index >= 15 is 0 Å². The Bertz CT molecular complexity index is 427. The Kier molecular flexibility index (Phi) is 5.63. The smallest absolute Gasteiger partial charge is 0.243 e. The van der Waals surface area contributed by atoms with Crippen LogP contribution >= 0.6 is 0 Å². The minimum atomic E-state index is -0.0418. The molecule has 1 N–H and O–H groups in total. The number of nitrogens with one attached hydrogen (secondary N) is 1. The summed E-state index contributed by atoms with van der Waals surface area (Å²) < 4.78 is 0. The molecule has 18 heavy (non-hydrogen) atoms. The highest BCUT2D eigenvalue weighted by Crippen LogP contribution is 2.24. The lowest BCUT2D eigenvalue weighted by Crippen LogP contribution is -2.19. The molecule has 2 nitrogen and oxygen atoms in total. The molecule has 0 aliphatic rings. The Balaban J connectivity index is 0.00000324. The van der Waals surface area contributed by atoms with E-state index in [9.17, 15) is 4.79 Å². The summed E-state index contributed by atoms with van der Waals surface area (Å²) in [4.78, 5) is 11.3. The van der Waals surface area contributed by atoms with Crippen LogP contribution in [-0.2, 0) is 4.79 Å². The number of carbonyl (C=O) groups is 1. The van der Waals surface area contributed by atoms with Gasteiger partial charge in [0, 0.05) is 14.0 Å². The molecule has 0 fully saturated rings. The van der Waals surface area contributed by atoms with Crippen LogP contribution in [0.2, 0.25) is 0 Å². The van der Waals surface area contributed by atoms with Gasteiger partial charge in [0.15, 0.2) is 0 Å². The van der Waals surface area contributed by atoms with E-state index in [4.69, 9.17) is 0 Å². The number of rotatable bonds is 5. The molecule has 0 bridgehead atoms. The first kappa shape index (κ1) is 14.5. The lowest BCUT2D eigenvalue weighted by Gasteiger charge is -2.16. The maximum absolute atomic E-state index is 11.3. The van der Waals surface area contributed by atoms with E-state index in [0.717, 1.165) is 5.56 Å². The van der Waals surface area contributed by atoms with Gasteiger partial charge >= 0.3 is 0 Å². The van der Waals surface area contributed by atoms with Gasteiger partial charge in [0.1, 0.15) is 0 Å². The highest BCUT2D eigenvalue weighted by molar-refractivity contribution is 5.91. The van der Waals surface area contributed by atoms with Gasteiger partial charge in [-0.2, -0.15) is 0 Å². The summed E-state index contributed by atoms with van der Waals surface area (Å²) in [5.74, 6) is 1.11. The number of amides is 1. The van der Waals surface area contributed by atoms with Crippen LogP contribution in [0, 0.1) is 5.92 Å². The standard InChI is InChI=1S/C16H23NO.H2/c1-5-17-16(18)10-9-14-7-6-8-15(11-14)13(4)12(2)3;/h6-13H,5H2,1-4H3,(H,17,18);1H/b10-9+;/t13-;/m1./s1. The molecule has 0 aromatic heterocycles. The van der Waals surface area contributed by atoms with Crippen LogP contribution in [0.15, 0.2) is 30.3 Å². The molecule has 0 saturated heterocycles. The van der Waals surface area contributed by atoms with Crippen LogP contribution in [0.4, 0.5) is 0 Å². The van der Waals surface area contributed by atoms with E-state index in [-0.39, 0.29) is 7.33 Å². The molecular weight excluding hydrogens is 222 g/mol. The summed E-state index contributed by atoms with van der Waals surface area (Å²) in [6.45, 7) is 9.26. The fourth-order valence-corrected chi connectivity index (χ4v) is 1.74. The number of hydrogen-bond donors (Lipinski definition) is 1. The average Bonchev–Trinajstić information content (AvgIpc) is 2.36. The molecule has 0 radical (unpaired) electrons. The van der Waals surface area contributed by atoms with Crippen LogP contribution in [0.3, 0.4) is 0 Å². The third-order valence-corrected chi connectivity index (χ3v) is 3.21. The van der Waals surface area contributed by atoms with Crippen LogP contribution in [0.25, 0.3) is 6.08 Å². The van der Waals surface area contributed by atoms with Crippen molar-refractivity contribution >= 4 is 12.0 Å². The molecule has 0 heterocycles. The second-order valence-electron chi connectivity index (χ2n) is 4.93. The van der Waals surface area contributed by atoms with Crippen molar-refractivity contribution in [3.8, 4) is 0 Å². The first-order valence-corrected chi connectivity index (χ1v) is 6.60. The predicted molar refractivity (Wildman–Crippen MR) is 79.5 cm³/mol. The Labute approximate surface area is 112 Å². The van der Waals surface area contributed by atoms with Gasteiger partial charge in [-0.3, -0.25) is 4.79 Å². The van der Waals surface area contributed by atoms with Crippen LogP contribution in [0.5, 0.6) is 0 Å². The van der Waals surface area contributed by atoms with Crippen molar-refractivity contribution in [3.63, 3.8) is 0 Å².